The number of benzene rings is 2. The van der Waals surface area contributed by atoms with Gasteiger partial charge in [-0.05, 0) is 30.7 Å². The molecule has 4 heteroatoms. The van der Waals surface area contributed by atoms with Crippen LogP contribution in [0.15, 0.2) is 60.0 Å². The van der Waals surface area contributed by atoms with Crippen molar-refractivity contribution < 1.29 is 9.47 Å². The quantitative estimate of drug-likeness (QED) is 0.942. The Bertz CT molecular complexity index is 757. The van der Waals surface area contributed by atoms with Gasteiger partial charge in [0, 0.05) is 5.56 Å². The normalized spacial score (nSPS) is 16.5. The van der Waals surface area contributed by atoms with E-state index in [2.05, 4.69) is 6.07 Å². The third kappa shape index (κ3) is 2.38. The number of para-hydroxylation sites is 1. The summed E-state index contributed by atoms with van der Waals surface area (Å²) in [5.41, 5.74) is 8.28. The van der Waals surface area contributed by atoms with Crippen molar-refractivity contribution in [2.45, 2.75) is 12.8 Å². The Morgan fingerprint density at radius 1 is 1.18 bits per heavy atom. The van der Waals surface area contributed by atoms with Crippen LogP contribution in [0, 0.1) is 11.3 Å². The molecular weight excluding hydrogens is 276 g/mol. The smallest absolute Gasteiger partial charge is 0.205 e. The first kappa shape index (κ1) is 14.0. The fourth-order valence-electron chi connectivity index (χ4n) is 2.67. The predicted octanol–water partition coefficient (Wildman–Crippen LogP) is 3.30. The molecule has 1 atom stereocenters. The van der Waals surface area contributed by atoms with Gasteiger partial charge in [0.15, 0.2) is 0 Å². The average molecular weight is 292 g/mol. The summed E-state index contributed by atoms with van der Waals surface area (Å²) >= 11 is 0. The Labute approximate surface area is 129 Å². The third-order valence-electron chi connectivity index (χ3n) is 3.65. The van der Waals surface area contributed by atoms with Crippen molar-refractivity contribution in [3.63, 3.8) is 0 Å². The fourth-order valence-corrected chi connectivity index (χ4v) is 2.67. The molecule has 0 aromatic heterocycles. The number of allylic oxidation sites excluding steroid dienone is 1. The summed E-state index contributed by atoms with van der Waals surface area (Å²) in [5.74, 6) is 1.45. The van der Waals surface area contributed by atoms with Crippen molar-refractivity contribution in [1.82, 2.24) is 0 Å². The number of fused-ring (bicyclic) bond motifs is 1. The van der Waals surface area contributed by atoms with Crippen LogP contribution in [0.4, 0.5) is 0 Å². The molecule has 2 N–H and O–H groups in total. The van der Waals surface area contributed by atoms with Gasteiger partial charge >= 0.3 is 0 Å². The van der Waals surface area contributed by atoms with E-state index in [1.807, 2.05) is 55.5 Å². The van der Waals surface area contributed by atoms with Crippen molar-refractivity contribution in [1.29, 1.82) is 5.26 Å². The molecule has 0 fully saturated rings. The second-order valence-electron chi connectivity index (χ2n) is 4.96. The molecule has 1 aliphatic heterocycles. The molecule has 3 rings (SSSR count). The lowest BCUT2D eigenvalue weighted by Gasteiger charge is -2.26. The Morgan fingerprint density at radius 2 is 1.91 bits per heavy atom. The topological polar surface area (TPSA) is 68.3 Å². The SMILES string of the molecule is CCOc1ccc([C@H]2C(C#N)=C(N)Oc3ccccc32)cc1. The van der Waals surface area contributed by atoms with Gasteiger partial charge in [0.05, 0.1) is 12.5 Å². The summed E-state index contributed by atoms with van der Waals surface area (Å²) in [7, 11) is 0. The van der Waals surface area contributed by atoms with Crippen LogP contribution in [0.2, 0.25) is 0 Å². The van der Waals surface area contributed by atoms with Crippen LogP contribution in [-0.4, -0.2) is 6.61 Å². The number of ether oxygens (including phenoxy) is 2. The van der Waals surface area contributed by atoms with E-state index in [0.717, 1.165) is 16.9 Å². The van der Waals surface area contributed by atoms with Crippen molar-refractivity contribution in [3.8, 4) is 17.6 Å². The number of nitrogens with zero attached hydrogens (tertiary/aromatic N) is 1. The summed E-state index contributed by atoms with van der Waals surface area (Å²) in [6.07, 6.45) is 0. The van der Waals surface area contributed by atoms with Crippen molar-refractivity contribution in [2.75, 3.05) is 6.61 Å². The summed E-state index contributed by atoms with van der Waals surface area (Å²) < 4.78 is 11.0. The van der Waals surface area contributed by atoms with Crippen LogP contribution in [-0.2, 0) is 0 Å². The van der Waals surface area contributed by atoms with Gasteiger partial charge in [-0.3, -0.25) is 0 Å². The lowest BCUT2D eigenvalue weighted by Crippen LogP contribution is -2.20. The van der Waals surface area contributed by atoms with E-state index in [1.165, 1.54) is 0 Å². The Balaban J connectivity index is 2.09. The first-order valence-electron chi connectivity index (χ1n) is 7.14. The van der Waals surface area contributed by atoms with Crippen molar-refractivity contribution in [3.05, 3.63) is 71.1 Å². The van der Waals surface area contributed by atoms with Gasteiger partial charge in [-0.25, -0.2) is 0 Å². The Morgan fingerprint density at radius 3 is 2.59 bits per heavy atom. The molecule has 0 radical (unpaired) electrons. The minimum absolute atomic E-state index is 0.167. The van der Waals surface area contributed by atoms with E-state index < -0.39 is 0 Å². The molecule has 4 nitrogen and oxygen atoms in total. The minimum Gasteiger partial charge on any atom is -0.494 e. The van der Waals surface area contributed by atoms with Gasteiger partial charge in [0.2, 0.25) is 5.88 Å². The van der Waals surface area contributed by atoms with Crippen LogP contribution < -0.4 is 15.2 Å². The maximum Gasteiger partial charge on any atom is 0.205 e. The van der Waals surface area contributed by atoms with E-state index in [9.17, 15) is 5.26 Å². The second kappa shape index (κ2) is 5.82. The standard InChI is InChI=1S/C18H16N2O2/c1-2-21-13-9-7-12(8-10-13)17-14-5-3-4-6-16(14)22-18(20)15(17)11-19/h3-10,17H,2,20H2,1H3/t17-/m1/s1. The summed E-state index contributed by atoms with van der Waals surface area (Å²) in [6, 6.07) is 17.5. The predicted molar refractivity (Wildman–Crippen MR) is 83.4 cm³/mol. The second-order valence-corrected chi connectivity index (χ2v) is 4.96. The van der Waals surface area contributed by atoms with E-state index in [4.69, 9.17) is 15.2 Å². The summed E-state index contributed by atoms with van der Waals surface area (Å²) in [6.45, 7) is 2.57. The molecule has 0 bridgehead atoms. The Hall–Kier alpha value is -2.93. The number of nitriles is 1. The lowest BCUT2D eigenvalue weighted by molar-refractivity contribution is 0.340. The van der Waals surface area contributed by atoms with E-state index in [0.29, 0.717) is 17.9 Å². The van der Waals surface area contributed by atoms with Crippen molar-refractivity contribution in [2.24, 2.45) is 5.73 Å². The van der Waals surface area contributed by atoms with Gasteiger partial charge in [-0.2, -0.15) is 5.26 Å². The molecule has 0 spiro atoms. The van der Waals surface area contributed by atoms with Crippen molar-refractivity contribution >= 4 is 0 Å². The van der Waals surface area contributed by atoms with Gasteiger partial charge < -0.3 is 15.2 Å². The van der Waals surface area contributed by atoms with E-state index in [1.54, 1.807) is 0 Å². The first-order valence-corrected chi connectivity index (χ1v) is 7.14. The van der Waals surface area contributed by atoms with Crippen LogP contribution in [0.25, 0.3) is 0 Å². The first-order chi connectivity index (χ1) is 10.7. The third-order valence-corrected chi connectivity index (χ3v) is 3.65. The highest BCUT2D eigenvalue weighted by Gasteiger charge is 2.30. The molecule has 0 unspecified atom stereocenters. The van der Waals surface area contributed by atoms with E-state index >= 15 is 0 Å². The highest BCUT2D eigenvalue weighted by atomic mass is 16.5. The molecule has 0 saturated carbocycles. The largest absolute Gasteiger partial charge is 0.494 e. The van der Waals surface area contributed by atoms with Gasteiger partial charge in [-0.1, -0.05) is 30.3 Å². The molecule has 110 valence electrons. The van der Waals surface area contributed by atoms with Crippen LogP contribution in [0.1, 0.15) is 24.0 Å². The highest BCUT2D eigenvalue weighted by molar-refractivity contribution is 5.55. The maximum absolute atomic E-state index is 9.47. The van der Waals surface area contributed by atoms with Crippen LogP contribution in [0.3, 0.4) is 0 Å². The fraction of sp³-hybridized carbons (Fsp3) is 0.167. The number of nitrogens with two attached hydrogens (primary N) is 1. The molecular formula is C18H16N2O2. The monoisotopic (exact) mass is 292 g/mol. The van der Waals surface area contributed by atoms with Gasteiger partial charge in [0.25, 0.3) is 0 Å². The molecule has 1 heterocycles. The minimum atomic E-state index is -0.217. The van der Waals surface area contributed by atoms with Crippen LogP contribution >= 0.6 is 0 Å². The summed E-state index contributed by atoms with van der Waals surface area (Å²) in [5, 5.41) is 9.47. The molecule has 2 aromatic rings. The zero-order valence-corrected chi connectivity index (χ0v) is 12.2. The zero-order valence-electron chi connectivity index (χ0n) is 12.2. The lowest BCUT2D eigenvalue weighted by atomic mass is 9.83. The summed E-state index contributed by atoms with van der Waals surface area (Å²) in [4.78, 5) is 0. The number of hydrogen-bond acceptors (Lipinski definition) is 4. The highest BCUT2D eigenvalue weighted by Crippen LogP contribution is 2.41. The zero-order chi connectivity index (χ0) is 15.5. The molecule has 0 saturated heterocycles. The number of hydrogen-bond donors (Lipinski definition) is 1. The molecule has 0 aliphatic carbocycles. The van der Waals surface area contributed by atoms with E-state index in [-0.39, 0.29) is 11.8 Å². The Kier molecular flexibility index (Phi) is 3.71. The average Bonchev–Trinajstić information content (AvgIpc) is 2.55. The molecule has 2 aromatic carbocycles. The maximum atomic E-state index is 9.47. The molecule has 0 amide bonds. The molecule has 22 heavy (non-hydrogen) atoms. The molecule has 1 aliphatic rings. The van der Waals surface area contributed by atoms with Gasteiger partial charge in [-0.15, -0.1) is 0 Å². The van der Waals surface area contributed by atoms with Gasteiger partial charge in [0.1, 0.15) is 23.1 Å². The van der Waals surface area contributed by atoms with Crippen LogP contribution in [0.5, 0.6) is 11.5 Å². The number of rotatable bonds is 3.